The van der Waals surface area contributed by atoms with Gasteiger partial charge in [0.05, 0.1) is 6.04 Å². The van der Waals surface area contributed by atoms with Crippen molar-refractivity contribution < 1.29 is 27.4 Å². The molecule has 0 aliphatic carbocycles. The number of rotatable bonds is 5. The van der Waals surface area contributed by atoms with Crippen LogP contribution in [0.15, 0.2) is 60.7 Å². The van der Waals surface area contributed by atoms with Gasteiger partial charge in [-0.3, -0.25) is 0 Å². The Morgan fingerprint density at radius 3 is 2.33 bits per heavy atom. The molecule has 3 rings (SSSR count). The molecule has 7 heteroatoms. The predicted octanol–water partition coefficient (Wildman–Crippen LogP) is 6.86. The van der Waals surface area contributed by atoms with Crippen LogP contribution in [-0.2, 0) is 11.2 Å². The van der Waals surface area contributed by atoms with Crippen molar-refractivity contribution in [1.29, 1.82) is 0 Å². The molecule has 1 fully saturated rings. The fourth-order valence-electron chi connectivity index (χ4n) is 3.94. The Balaban J connectivity index is 1.73. The molecule has 178 valence electrons. The summed E-state index contributed by atoms with van der Waals surface area (Å²) >= 11 is 0. The molecule has 33 heavy (non-hydrogen) atoms. The Morgan fingerprint density at radius 2 is 1.73 bits per heavy atom. The number of ether oxygens (including phenoxy) is 2. The number of piperidine rings is 1. The second kappa shape index (κ2) is 10.3. The van der Waals surface area contributed by atoms with E-state index in [4.69, 9.17) is 4.74 Å². The normalized spacial score (nSPS) is 19.5. The van der Waals surface area contributed by atoms with Crippen molar-refractivity contribution in [3.63, 3.8) is 0 Å². The molecule has 0 spiro atoms. The van der Waals surface area contributed by atoms with Gasteiger partial charge in [0.2, 0.25) is 0 Å². The summed E-state index contributed by atoms with van der Waals surface area (Å²) in [7, 11) is 0. The van der Waals surface area contributed by atoms with E-state index in [-0.39, 0.29) is 17.9 Å². The van der Waals surface area contributed by atoms with Gasteiger partial charge < -0.3 is 14.4 Å². The smallest absolute Gasteiger partial charge is 0.444 e. The van der Waals surface area contributed by atoms with Crippen LogP contribution >= 0.6 is 0 Å². The van der Waals surface area contributed by atoms with Crippen molar-refractivity contribution in [2.45, 2.75) is 58.0 Å². The first-order valence-corrected chi connectivity index (χ1v) is 11.1. The molecule has 4 nitrogen and oxygen atoms in total. The molecular formula is C26H30F3NO3. The Bertz CT molecular complexity index is 934. The third-order valence-corrected chi connectivity index (χ3v) is 5.37. The van der Waals surface area contributed by atoms with Crippen LogP contribution in [0.5, 0.6) is 5.75 Å². The van der Waals surface area contributed by atoms with E-state index in [9.17, 15) is 18.0 Å². The van der Waals surface area contributed by atoms with Crippen molar-refractivity contribution in [3.05, 3.63) is 71.8 Å². The van der Waals surface area contributed by atoms with Crippen LogP contribution in [0.1, 0.15) is 44.7 Å². The number of hydrogen-bond acceptors (Lipinski definition) is 3. The molecule has 0 bridgehead atoms. The molecule has 1 saturated heterocycles. The molecule has 1 aliphatic rings. The molecule has 1 heterocycles. The Kier molecular flexibility index (Phi) is 7.72. The number of hydrogen-bond donors (Lipinski definition) is 0. The first-order valence-electron chi connectivity index (χ1n) is 11.1. The van der Waals surface area contributed by atoms with Crippen molar-refractivity contribution in [2.24, 2.45) is 5.92 Å². The van der Waals surface area contributed by atoms with Gasteiger partial charge in [-0.05, 0) is 69.2 Å². The number of amides is 1. The summed E-state index contributed by atoms with van der Waals surface area (Å²) in [4.78, 5) is 14.6. The number of halogens is 3. The van der Waals surface area contributed by atoms with Gasteiger partial charge >= 0.3 is 12.5 Å². The lowest BCUT2D eigenvalue weighted by atomic mass is 9.86. The SMILES string of the molecule is CC(C)(C)OC(=O)N1CCC(Cc2ccccc2)C[C@@H]1/C=C/c1ccc(OC(F)(F)F)cc1. The van der Waals surface area contributed by atoms with Gasteiger partial charge in [-0.25, -0.2) is 4.79 Å². The molecule has 2 atom stereocenters. The number of carbonyl (C=O) groups excluding carboxylic acids is 1. The fraction of sp³-hybridized carbons (Fsp3) is 0.423. The zero-order valence-corrected chi connectivity index (χ0v) is 19.1. The molecule has 2 aromatic carbocycles. The third kappa shape index (κ3) is 8.15. The maximum absolute atomic E-state index is 12.8. The van der Waals surface area contributed by atoms with E-state index in [1.54, 1.807) is 17.0 Å². The van der Waals surface area contributed by atoms with Gasteiger partial charge in [-0.15, -0.1) is 13.2 Å². The van der Waals surface area contributed by atoms with Crippen LogP contribution < -0.4 is 4.74 Å². The van der Waals surface area contributed by atoms with E-state index in [1.807, 2.05) is 51.1 Å². The van der Waals surface area contributed by atoms with Crippen molar-refractivity contribution in [1.82, 2.24) is 4.90 Å². The van der Waals surface area contributed by atoms with Crippen molar-refractivity contribution in [2.75, 3.05) is 6.54 Å². The minimum atomic E-state index is -4.72. The van der Waals surface area contributed by atoms with Gasteiger partial charge in [-0.1, -0.05) is 54.6 Å². The minimum Gasteiger partial charge on any atom is -0.444 e. The highest BCUT2D eigenvalue weighted by atomic mass is 19.4. The summed E-state index contributed by atoms with van der Waals surface area (Å²) in [5.74, 6) is 0.138. The molecule has 2 aromatic rings. The standard InChI is InChI=1S/C26H30F3NO3/c1-25(2,3)33-24(31)30-16-15-21(17-20-7-5-4-6-8-20)18-22(30)12-9-19-10-13-23(14-11-19)32-26(27,28)29/h4-14,21-22H,15-18H2,1-3H3/b12-9+/t21?,22-/m0/s1. The lowest BCUT2D eigenvalue weighted by Gasteiger charge is -2.39. The van der Waals surface area contributed by atoms with E-state index in [0.717, 1.165) is 24.8 Å². The molecule has 1 amide bonds. The van der Waals surface area contributed by atoms with E-state index in [0.29, 0.717) is 12.5 Å². The quantitative estimate of drug-likeness (QED) is 0.488. The van der Waals surface area contributed by atoms with Gasteiger partial charge in [0.25, 0.3) is 0 Å². The second-order valence-corrected chi connectivity index (χ2v) is 9.30. The molecule has 0 saturated carbocycles. The summed E-state index contributed by atoms with van der Waals surface area (Å²) in [6.07, 6.45) is 1.26. The monoisotopic (exact) mass is 461 g/mol. The maximum atomic E-state index is 12.8. The zero-order chi connectivity index (χ0) is 24.1. The summed E-state index contributed by atoms with van der Waals surface area (Å²) in [6, 6.07) is 15.7. The number of benzene rings is 2. The first-order chi connectivity index (χ1) is 15.5. The molecule has 0 aromatic heterocycles. The molecular weight excluding hydrogens is 431 g/mol. The molecule has 1 unspecified atom stereocenters. The summed E-state index contributed by atoms with van der Waals surface area (Å²) in [5, 5.41) is 0. The lowest BCUT2D eigenvalue weighted by molar-refractivity contribution is -0.274. The fourth-order valence-corrected chi connectivity index (χ4v) is 3.94. The van der Waals surface area contributed by atoms with Gasteiger partial charge in [-0.2, -0.15) is 0 Å². The topological polar surface area (TPSA) is 38.8 Å². The van der Waals surface area contributed by atoms with Gasteiger partial charge in [0, 0.05) is 6.54 Å². The molecule has 0 radical (unpaired) electrons. The summed E-state index contributed by atoms with van der Waals surface area (Å²) in [6.45, 7) is 6.09. The van der Waals surface area contributed by atoms with Crippen LogP contribution in [0.4, 0.5) is 18.0 Å². The maximum Gasteiger partial charge on any atom is 0.573 e. The third-order valence-electron chi connectivity index (χ3n) is 5.37. The largest absolute Gasteiger partial charge is 0.573 e. The van der Waals surface area contributed by atoms with Crippen LogP contribution in [0, 0.1) is 5.92 Å². The summed E-state index contributed by atoms with van der Waals surface area (Å²) < 4.78 is 46.7. The van der Waals surface area contributed by atoms with Gasteiger partial charge in [0.1, 0.15) is 11.4 Å². The summed E-state index contributed by atoms with van der Waals surface area (Å²) in [5.41, 5.74) is 1.38. The van der Waals surface area contributed by atoms with Crippen molar-refractivity contribution >= 4 is 12.2 Å². The Morgan fingerprint density at radius 1 is 1.06 bits per heavy atom. The van der Waals surface area contributed by atoms with Gasteiger partial charge in [0.15, 0.2) is 0 Å². The van der Waals surface area contributed by atoms with E-state index >= 15 is 0 Å². The molecule has 0 N–H and O–H groups in total. The van der Waals surface area contributed by atoms with Crippen LogP contribution in [-0.4, -0.2) is 35.5 Å². The van der Waals surface area contributed by atoms with E-state index in [2.05, 4.69) is 16.9 Å². The van der Waals surface area contributed by atoms with E-state index < -0.39 is 12.0 Å². The zero-order valence-electron chi connectivity index (χ0n) is 19.1. The van der Waals surface area contributed by atoms with Crippen LogP contribution in [0.25, 0.3) is 6.08 Å². The molecule has 1 aliphatic heterocycles. The number of nitrogens with zero attached hydrogens (tertiary/aromatic N) is 1. The van der Waals surface area contributed by atoms with Crippen molar-refractivity contribution in [3.8, 4) is 5.75 Å². The van der Waals surface area contributed by atoms with Crippen LogP contribution in [0.2, 0.25) is 0 Å². The van der Waals surface area contributed by atoms with Crippen LogP contribution in [0.3, 0.4) is 0 Å². The number of likely N-dealkylation sites (tertiary alicyclic amines) is 1. The average Bonchev–Trinajstić information content (AvgIpc) is 2.72. The highest BCUT2D eigenvalue weighted by molar-refractivity contribution is 5.69. The first kappa shape index (κ1) is 24.7. The average molecular weight is 462 g/mol. The highest BCUT2D eigenvalue weighted by Gasteiger charge is 2.33. The minimum absolute atomic E-state index is 0.173. The number of alkyl halides is 3. The number of carbonyl (C=O) groups is 1. The lowest BCUT2D eigenvalue weighted by Crippen LogP contribution is -2.47. The Hall–Kier alpha value is -2.96. The predicted molar refractivity (Wildman–Crippen MR) is 122 cm³/mol. The second-order valence-electron chi connectivity index (χ2n) is 9.30. The Labute approximate surface area is 193 Å². The highest BCUT2D eigenvalue weighted by Crippen LogP contribution is 2.29. The van der Waals surface area contributed by atoms with E-state index in [1.165, 1.54) is 17.7 Å².